The van der Waals surface area contributed by atoms with Crippen LogP contribution in [0.25, 0.3) is 0 Å². The highest BCUT2D eigenvalue weighted by Crippen LogP contribution is 2.41. The number of carboxylic acid groups (broad SMARTS) is 1. The van der Waals surface area contributed by atoms with Crippen molar-refractivity contribution in [3.05, 3.63) is 0 Å². The Labute approximate surface area is 139 Å². The summed E-state index contributed by atoms with van der Waals surface area (Å²) < 4.78 is 0. The highest BCUT2D eigenvalue weighted by atomic mass is 16.4. The monoisotopic (exact) mass is 325 g/mol. The molecular weight excluding hydrogens is 294 g/mol. The Morgan fingerprint density at radius 3 is 2.17 bits per heavy atom. The maximum atomic E-state index is 12.3. The average molecular weight is 325 g/mol. The van der Waals surface area contributed by atoms with Gasteiger partial charge in [-0.1, -0.05) is 33.6 Å². The van der Waals surface area contributed by atoms with Gasteiger partial charge in [0, 0.05) is 25.3 Å². The van der Waals surface area contributed by atoms with Crippen LogP contribution in [0.2, 0.25) is 0 Å². The van der Waals surface area contributed by atoms with Gasteiger partial charge in [-0.25, -0.2) is 0 Å². The molecule has 1 aliphatic rings. The van der Waals surface area contributed by atoms with Crippen LogP contribution in [0.4, 0.5) is 0 Å². The van der Waals surface area contributed by atoms with Gasteiger partial charge in [0.15, 0.2) is 0 Å². The number of ketones is 1. The van der Waals surface area contributed by atoms with Gasteiger partial charge in [0.05, 0.1) is 5.92 Å². The molecule has 5 heteroatoms. The number of carboxylic acids is 1. The Kier molecular flexibility index (Phi) is 7.73. The van der Waals surface area contributed by atoms with Crippen molar-refractivity contribution in [2.24, 2.45) is 23.7 Å². The van der Waals surface area contributed by atoms with Crippen LogP contribution in [0.3, 0.4) is 0 Å². The van der Waals surface area contributed by atoms with Gasteiger partial charge in [-0.2, -0.15) is 0 Å². The zero-order chi connectivity index (χ0) is 17.6. The molecule has 0 aliphatic heterocycles. The summed E-state index contributed by atoms with van der Waals surface area (Å²) >= 11 is 0. The summed E-state index contributed by atoms with van der Waals surface area (Å²) in [6.07, 6.45) is 4.17. The normalized spacial score (nSPS) is 25.3. The average Bonchev–Trinajstić information content (AvgIpc) is 2.95. The van der Waals surface area contributed by atoms with Crippen molar-refractivity contribution in [3.63, 3.8) is 0 Å². The number of nitrogens with one attached hydrogen (secondary N) is 1. The van der Waals surface area contributed by atoms with Gasteiger partial charge in [-0.3, -0.25) is 14.4 Å². The number of hydrogen-bond donors (Lipinski definition) is 2. The molecule has 0 aromatic rings. The molecule has 0 aromatic carbocycles. The topological polar surface area (TPSA) is 83.5 Å². The van der Waals surface area contributed by atoms with Crippen LogP contribution in [-0.4, -0.2) is 28.8 Å². The third kappa shape index (κ3) is 5.33. The van der Waals surface area contributed by atoms with E-state index in [4.69, 9.17) is 0 Å². The van der Waals surface area contributed by atoms with E-state index in [0.29, 0.717) is 25.2 Å². The van der Waals surface area contributed by atoms with Crippen LogP contribution in [0.5, 0.6) is 0 Å². The quantitative estimate of drug-likeness (QED) is 0.682. The lowest BCUT2D eigenvalue weighted by Gasteiger charge is -2.31. The van der Waals surface area contributed by atoms with E-state index in [2.05, 4.69) is 19.2 Å². The smallest absolute Gasteiger partial charge is 0.306 e. The van der Waals surface area contributed by atoms with E-state index >= 15 is 0 Å². The van der Waals surface area contributed by atoms with E-state index in [1.54, 1.807) is 0 Å². The largest absolute Gasteiger partial charge is 0.481 e. The molecule has 1 aliphatic carbocycles. The van der Waals surface area contributed by atoms with Gasteiger partial charge in [-0.15, -0.1) is 0 Å². The van der Waals surface area contributed by atoms with Crippen molar-refractivity contribution < 1.29 is 19.5 Å². The van der Waals surface area contributed by atoms with Crippen LogP contribution in [0.15, 0.2) is 0 Å². The Balaban J connectivity index is 3.00. The molecule has 2 N–H and O–H groups in total. The summed E-state index contributed by atoms with van der Waals surface area (Å²) in [5, 5.41) is 12.3. The Morgan fingerprint density at radius 2 is 1.74 bits per heavy atom. The second kappa shape index (κ2) is 9.04. The molecule has 1 rings (SSSR count). The first-order valence-corrected chi connectivity index (χ1v) is 8.86. The lowest BCUT2D eigenvalue weighted by molar-refractivity contribution is -0.141. The molecule has 0 saturated heterocycles. The van der Waals surface area contributed by atoms with Gasteiger partial charge in [0.25, 0.3) is 0 Å². The predicted octanol–water partition coefficient (Wildman–Crippen LogP) is 3.02. The summed E-state index contributed by atoms with van der Waals surface area (Å²) in [5.41, 5.74) is 0. The number of rotatable bonds is 9. The fourth-order valence-electron chi connectivity index (χ4n) is 3.93. The second-order valence-electron chi connectivity index (χ2n) is 6.82. The minimum atomic E-state index is -0.828. The Bertz CT molecular complexity index is 431. The van der Waals surface area contributed by atoms with Crippen molar-refractivity contribution in [3.8, 4) is 0 Å². The van der Waals surface area contributed by atoms with Crippen LogP contribution in [0, 0.1) is 23.7 Å². The molecule has 4 atom stereocenters. The second-order valence-corrected chi connectivity index (χ2v) is 6.82. The van der Waals surface area contributed by atoms with E-state index < -0.39 is 11.9 Å². The van der Waals surface area contributed by atoms with Crippen molar-refractivity contribution in [1.82, 2.24) is 5.32 Å². The first-order valence-electron chi connectivity index (χ1n) is 8.86. The molecule has 23 heavy (non-hydrogen) atoms. The highest BCUT2D eigenvalue weighted by molar-refractivity contribution is 5.83. The summed E-state index contributed by atoms with van der Waals surface area (Å²) in [6, 6.07) is -0.109. The molecule has 0 spiro atoms. The molecule has 1 fully saturated rings. The maximum absolute atomic E-state index is 12.3. The van der Waals surface area contributed by atoms with E-state index in [-0.39, 0.29) is 29.6 Å². The number of carbonyl (C=O) groups is 3. The summed E-state index contributed by atoms with van der Waals surface area (Å²) in [7, 11) is 0. The van der Waals surface area contributed by atoms with E-state index in [1.165, 1.54) is 6.92 Å². The fourth-order valence-corrected chi connectivity index (χ4v) is 3.93. The van der Waals surface area contributed by atoms with E-state index in [1.807, 2.05) is 6.92 Å². The predicted molar refractivity (Wildman–Crippen MR) is 88.9 cm³/mol. The zero-order valence-electron chi connectivity index (χ0n) is 14.8. The highest BCUT2D eigenvalue weighted by Gasteiger charge is 2.44. The number of hydrogen-bond acceptors (Lipinski definition) is 3. The van der Waals surface area contributed by atoms with Gasteiger partial charge in [0.1, 0.15) is 5.78 Å². The van der Waals surface area contributed by atoms with Crippen molar-refractivity contribution in [1.29, 1.82) is 0 Å². The van der Waals surface area contributed by atoms with E-state index in [0.717, 1.165) is 19.3 Å². The number of amides is 1. The number of Topliss-reactive ketones (excluding diaryl/α,β-unsaturated/α-hetero) is 1. The third-order valence-electron chi connectivity index (χ3n) is 5.37. The van der Waals surface area contributed by atoms with Gasteiger partial charge >= 0.3 is 5.97 Å². The minimum absolute atomic E-state index is 0.0620. The van der Waals surface area contributed by atoms with Crippen LogP contribution >= 0.6 is 0 Å². The summed E-state index contributed by atoms with van der Waals surface area (Å²) in [4.78, 5) is 35.3. The van der Waals surface area contributed by atoms with Gasteiger partial charge in [-0.05, 0) is 31.1 Å². The molecule has 0 heterocycles. The molecule has 0 radical (unpaired) electrons. The van der Waals surface area contributed by atoms with Crippen molar-refractivity contribution >= 4 is 17.7 Å². The van der Waals surface area contributed by atoms with Crippen LogP contribution < -0.4 is 5.32 Å². The van der Waals surface area contributed by atoms with Gasteiger partial charge < -0.3 is 10.4 Å². The maximum Gasteiger partial charge on any atom is 0.306 e. The molecular formula is C18H31NO4. The van der Waals surface area contributed by atoms with Crippen LogP contribution in [-0.2, 0) is 14.4 Å². The molecule has 0 bridgehead atoms. The minimum Gasteiger partial charge on any atom is -0.481 e. The third-order valence-corrected chi connectivity index (χ3v) is 5.37. The molecule has 132 valence electrons. The zero-order valence-corrected chi connectivity index (χ0v) is 14.8. The lowest BCUT2D eigenvalue weighted by atomic mass is 9.80. The van der Waals surface area contributed by atoms with Gasteiger partial charge in [0.2, 0.25) is 5.91 Å². The summed E-state index contributed by atoms with van der Waals surface area (Å²) in [6.45, 7) is 7.56. The molecule has 1 saturated carbocycles. The fraction of sp³-hybridized carbons (Fsp3) is 0.833. The number of carbonyl (C=O) groups excluding carboxylic acids is 2. The van der Waals surface area contributed by atoms with Crippen molar-refractivity contribution in [2.75, 3.05) is 0 Å². The van der Waals surface area contributed by atoms with Crippen LogP contribution in [0.1, 0.15) is 66.2 Å². The molecule has 1 amide bonds. The lowest BCUT2D eigenvalue weighted by Crippen LogP contribution is -2.43. The standard InChI is InChI=1S/C18H31NO4/c1-5-12(6-2)8-16(19-11(4)20)14-9-13(18(22)23)10-15(14)17(21)7-3/h12-16H,5-10H2,1-4H3,(H,19,20)(H,22,23)/t13-,14-,15-,16+/m1/s1. The first-order chi connectivity index (χ1) is 10.8. The molecule has 5 nitrogen and oxygen atoms in total. The Hall–Kier alpha value is -1.39. The van der Waals surface area contributed by atoms with E-state index in [9.17, 15) is 19.5 Å². The first kappa shape index (κ1) is 19.7. The molecule has 0 unspecified atom stereocenters. The Morgan fingerprint density at radius 1 is 1.13 bits per heavy atom. The molecule has 0 aromatic heterocycles. The number of aliphatic carboxylic acids is 1. The summed E-state index contributed by atoms with van der Waals surface area (Å²) in [5.74, 6) is -1.11. The SMILES string of the molecule is CCC(=O)[C@@H]1C[C@H](C(=O)O)C[C@H]1[C@H](CC(CC)CC)NC(C)=O. The van der Waals surface area contributed by atoms with Crippen molar-refractivity contribution in [2.45, 2.75) is 72.3 Å².